The van der Waals surface area contributed by atoms with E-state index in [-0.39, 0.29) is 18.0 Å². The number of piperidine rings is 1. The van der Waals surface area contributed by atoms with Gasteiger partial charge >= 0.3 is 12.1 Å². The number of nitrogens with zero attached hydrogens (tertiary/aromatic N) is 2. The second-order valence-electron chi connectivity index (χ2n) is 8.90. The number of carbonyl (C=O) groups excluding carboxylic acids is 2. The number of methoxy groups -OCH3 is 1. The van der Waals surface area contributed by atoms with Crippen molar-refractivity contribution in [3.63, 3.8) is 0 Å². The predicted octanol–water partition coefficient (Wildman–Crippen LogP) is 3.41. The first-order valence-corrected chi connectivity index (χ1v) is 10.1. The summed E-state index contributed by atoms with van der Waals surface area (Å²) in [5.41, 5.74) is 2.10. The first-order valence-electron chi connectivity index (χ1n) is 10.1. The lowest BCUT2D eigenvalue weighted by molar-refractivity contribution is -0.147. The van der Waals surface area contributed by atoms with Gasteiger partial charge in [-0.15, -0.1) is 0 Å². The summed E-state index contributed by atoms with van der Waals surface area (Å²) in [7, 11) is 1.46. The molecule has 2 heterocycles. The molecule has 154 valence electrons. The molecule has 3 rings (SSSR count). The van der Waals surface area contributed by atoms with Crippen LogP contribution >= 0.6 is 0 Å². The van der Waals surface area contributed by atoms with Gasteiger partial charge in [0.15, 0.2) is 0 Å². The Labute approximate surface area is 167 Å². The highest BCUT2D eigenvalue weighted by Crippen LogP contribution is 2.29. The first-order chi connectivity index (χ1) is 13.2. The molecule has 2 fully saturated rings. The van der Waals surface area contributed by atoms with Gasteiger partial charge in [-0.3, -0.25) is 9.69 Å². The average molecular weight is 389 g/mol. The third kappa shape index (κ3) is 5.25. The van der Waals surface area contributed by atoms with Gasteiger partial charge in [0.25, 0.3) is 0 Å². The van der Waals surface area contributed by atoms with Gasteiger partial charge < -0.3 is 14.4 Å². The molecule has 0 spiro atoms. The molecule has 6 heteroatoms. The zero-order valence-electron chi connectivity index (χ0n) is 17.4. The highest BCUT2D eigenvalue weighted by Gasteiger charge is 2.34. The molecular formula is C22H32N2O4. The number of benzene rings is 1. The van der Waals surface area contributed by atoms with Crippen LogP contribution in [-0.4, -0.2) is 60.8 Å². The fraction of sp³-hybridized carbons (Fsp3) is 0.636. The normalized spacial score (nSPS) is 19.2. The number of carbonyl (C=O) groups is 2. The van der Waals surface area contributed by atoms with Crippen molar-refractivity contribution in [2.45, 2.75) is 51.7 Å². The van der Waals surface area contributed by atoms with E-state index < -0.39 is 5.60 Å². The van der Waals surface area contributed by atoms with Crippen LogP contribution in [0.1, 0.15) is 50.7 Å². The van der Waals surface area contributed by atoms with Crippen molar-refractivity contribution in [2.24, 2.45) is 5.92 Å². The van der Waals surface area contributed by atoms with Gasteiger partial charge in [-0.05, 0) is 57.8 Å². The number of amides is 1. The van der Waals surface area contributed by atoms with Crippen LogP contribution < -0.4 is 0 Å². The standard InChI is InChI=1S/C22H32N2O4/c1-22(2,3)28-21(26)24-14-19(15-24)17-7-5-16(6-8-17)13-23-11-9-18(10-12-23)20(25)27-4/h5-8,18-19H,9-15H2,1-4H3. The van der Waals surface area contributed by atoms with Crippen molar-refractivity contribution in [1.82, 2.24) is 9.80 Å². The Morgan fingerprint density at radius 2 is 1.68 bits per heavy atom. The van der Waals surface area contributed by atoms with Crippen molar-refractivity contribution in [2.75, 3.05) is 33.3 Å². The molecule has 0 bridgehead atoms. The second-order valence-corrected chi connectivity index (χ2v) is 8.90. The fourth-order valence-corrected chi connectivity index (χ4v) is 3.81. The Bertz CT molecular complexity index is 681. The molecule has 2 aliphatic rings. The summed E-state index contributed by atoms with van der Waals surface area (Å²) in [4.78, 5) is 27.8. The van der Waals surface area contributed by atoms with Gasteiger partial charge in [0.1, 0.15) is 5.60 Å². The van der Waals surface area contributed by atoms with Crippen LogP contribution in [0.3, 0.4) is 0 Å². The lowest BCUT2D eigenvalue weighted by atomic mass is 9.91. The van der Waals surface area contributed by atoms with Crippen LogP contribution in [0.15, 0.2) is 24.3 Å². The molecule has 2 aliphatic heterocycles. The second kappa shape index (κ2) is 8.52. The quantitative estimate of drug-likeness (QED) is 0.740. The van der Waals surface area contributed by atoms with Gasteiger partial charge in [0, 0.05) is 25.6 Å². The van der Waals surface area contributed by atoms with Crippen molar-refractivity contribution >= 4 is 12.1 Å². The molecule has 1 aromatic rings. The van der Waals surface area contributed by atoms with Gasteiger partial charge in [-0.1, -0.05) is 24.3 Å². The fourth-order valence-electron chi connectivity index (χ4n) is 3.81. The zero-order chi connectivity index (χ0) is 20.3. The van der Waals surface area contributed by atoms with Gasteiger partial charge in [-0.25, -0.2) is 4.79 Å². The zero-order valence-corrected chi connectivity index (χ0v) is 17.4. The number of hydrogen-bond donors (Lipinski definition) is 0. The topological polar surface area (TPSA) is 59.1 Å². The predicted molar refractivity (Wildman–Crippen MR) is 107 cm³/mol. The van der Waals surface area contributed by atoms with Gasteiger partial charge in [-0.2, -0.15) is 0 Å². The van der Waals surface area contributed by atoms with Gasteiger partial charge in [0.05, 0.1) is 13.0 Å². The van der Waals surface area contributed by atoms with Crippen molar-refractivity contribution in [1.29, 1.82) is 0 Å². The monoisotopic (exact) mass is 388 g/mol. The van der Waals surface area contributed by atoms with E-state index in [1.807, 2.05) is 20.8 Å². The summed E-state index contributed by atoms with van der Waals surface area (Å²) in [6.45, 7) is 9.86. The number of ether oxygens (including phenoxy) is 2. The number of hydrogen-bond acceptors (Lipinski definition) is 5. The Balaban J connectivity index is 1.44. The van der Waals surface area contributed by atoms with E-state index in [1.54, 1.807) is 4.90 Å². The third-order valence-electron chi connectivity index (χ3n) is 5.51. The SMILES string of the molecule is COC(=O)C1CCN(Cc2ccc(C3CN(C(=O)OC(C)(C)C)C3)cc2)CC1. The maximum atomic E-state index is 12.0. The lowest BCUT2D eigenvalue weighted by Gasteiger charge is -2.40. The van der Waals surface area contributed by atoms with E-state index in [4.69, 9.17) is 9.47 Å². The average Bonchev–Trinajstić information content (AvgIpc) is 2.60. The minimum absolute atomic E-state index is 0.0511. The van der Waals surface area contributed by atoms with Crippen LogP contribution in [0.25, 0.3) is 0 Å². The number of rotatable bonds is 4. The van der Waals surface area contributed by atoms with E-state index in [9.17, 15) is 9.59 Å². The van der Waals surface area contributed by atoms with Crippen LogP contribution in [0.4, 0.5) is 4.79 Å². The van der Waals surface area contributed by atoms with Crippen LogP contribution in [-0.2, 0) is 20.8 Å². The van der Waals surface area contributed by atoms with Crippen molar-refractivity contribution in [3.8, 4) is 0 Å². The number of esters is 1. The smallest absolute Gasteiger partial charge is 0.410 e. The number of likely N-dealkylation sites (tertiary alicyclic amines) is 2. The van der Waals surface area contributed by atoms with E-state index in [2.05, 4.69) is 29.2 Å². The minimum Gasteiger partial charge on any atom is -0.469 e. The largest absolute Gasteiger partial charge is 0.469 e. The summed E-state index contributed by atoms with van der Waals surface area (Å²) in [6, 6.07) is 8.71. The lowest BCUT2D eigenvalue weighted by Crippen LogP contribution is -2.50. The molecule has 0 N–H and O–H groups in total. The summed E-state index contributed by atoms with van der Waals surface area (Å²) < 4.78 is 10.3. The maximum absolute atomic E-state index is 12.0. The van der Waals surface area contributed by atoms with E-state index >= 15 is 0 Å². The van der Waals surface area contributed by atoms with Crippen molar-refractivity contribution in [3.05, 3.63) is 35.4 Å². The molecule has 0 aliphatic carbocycles. The Morgan fingerprint density at radius 3 is 2.21 bits per heavy atom. The van der Waals surface area contributed by atoms with E-state index in [1.165, 1.54) is 18.2 Å². The molecule has 0 aromatic heterocycles. The molecule has 0 radical (unpaired) electrons. The van der Waals surface area contributed by atoms with E-state index in [0.29, 0.717) is 5.92 Å². The molecular weight excluding hydrogens is 356 g/mol. The van der Waals surface area contributed by atoms with Crippen LogP contribution in [0, 0.1) is 5.92 Å². The molecule has 6 nitrogen and oxygen atoms in total. The minimum atomic E-state index is -0.449. The Kier molecular flexibility index (Phi) is 6.28. The first kappa shape index (κ1) is 20.6. The van der Waals surface area contributed by atoms with E-state index in [0.717, 1.165) is 45.6 Å². The summed E-state index contributed by atoms with van der Waals surface area (Å²) in [5.74, 6) is 0.359. The molecule has 2 saturated heterocycles. The summed E-state index contributed by atoms with van der Waals surface area (Å²) in [5, 5.41) is 0. The molecule has 0 atom stereocenters. The van der Waals surface area contributed by atoms with Gasteiger partial charge in [0.2, 0.25) is 0 Å². The summed E-state index contributed by atoms with van der Waals surface area (Å²) in [6.07, 6.45) is 1.51. The molecule has 1 amide bonds. The summed E-state index contributed by atoms with van der Waals surface area (Å²) >= 11 is 0. The third-order valence-corrected chi connectivity index (χ3v) is 5.51. The molecule has 0 unspecified atom stereocenters. The molecule has 28 heavy (non-hydrogen) atoms. The Hall–Kier alpha value is -2.08. The molecule has 1 aromatic carbocycles. The maximum Gasteiger partial charge on any atom is 0.410 e. The highest BCUT2D eigenvalue weighted by atomic mass is 16.6. The van der Waals surface area contributed by atoms with Crippen molar-refractivity contribution < 1.29 is 19.1 Å². The van der Waals surface area contributed by atoms with Crippen LogP contribution in [0.2, 0.25) is 0 Å². The molecule has 0 saturated carbocycles. The highest BCUT2D eigenvalue weighted by molar-refractivity contribution is 5.72. The Morgan fingerprint density at radius 1 is 1.07 bits per heavy atom. The van der Waals surface area contributed by atoms with Crippen LogP contribution in [0.5, 0.6) is 0 Å².